The van der Waals surface area contributed by atoms with Crippen molar-refractivity contribution in [3.63, 3.8) is 0 Å². The van der Waals surface area contributed by atoms with Crippen LogP contribution >= 0.6 is 0 Å². The van der Waals surface area contributed by atoms with Crippen LogP contribution in [0.5, 0.6) is 0 Å². The predicted octanol–water partition coefficient (Wildman–Crippen LogP) is 3.74. The van der Waals surface area contributed by atoms with Crippen molar-refractivity contribution in [3.8, 4) is 11.5 Å². The summed E-state index contributed by atoms with van der Waals surface area (Å²) in [5.41, 5.74) is 5.43. The molecule has 1 aromatic heterocycles. The van der Waals surface area contributed by atoms with Gasteiger partial charge in [0.1, 0.15) is 6.26 Å². The van der Waals surface area contributed by atoms with Crippen LogP contribution in [0.25, 0.3) is 11.5 Å². The second kappa shape index (κ2) is 10.8. The van der Waals surface area contributed by atoms with Gasteiger partial charge in [0.15, 0.2) is 5.96 Å². The van der Waals surface area contributed by atoms with E-state index in [-0.39, 0.29) is 0 Å². The summed E-state index contributed by atoms with van der Waals surface area (Å²) in [6, 6.07) is 16.8. The van der Waals surface area contributed by atoms with Gasteiger partial charge in [-0.05, 0) is 43.7 Å². The average Bonchev–Trinajstić information content (AvgIpc) is 3.31. The minimum absolute atomic E-state index is 0.539. The number of aryl methyl sites for hydroxylation is 1. The van der Waals surface area contributed by atoms with Crippen LogP contribution in [0.15, 0.2) is 64.2 Å². The van der Waals surface area contributed by atoms with Crippen molar-refractivity contribution < 1.29 is 9.15 Å². The zero-order valence-electron chi connectivity index (χ0n) is 18.8. The van der Waals surface area contributed by atoms with E-state index in [1.54, 1.807) is 6.26 Å². The third kappa shape index (κ3) is 5.88. The summed E-state index contributed by atoms with van der Waals surface area (Å²) < 4.78 is 11.1. The second-order valence-electron chi connectivity index (χ2n) is 7.82. The number of morpholine rings is 1. The van der Waals surface area contributed by atoms with Crippen LogP contribution in [0, 0.1) is 6.92 Å². The predicted molar refractivity (Wildman–Crippen MR) is 128 cm³/mol. The molecule has 0 radical (unpaired) electrons. The third-order valence-electron chi connectivity index (χ3n) is 5.36. The molecule has 7 heteroatoms. The molecule has 1 aliphatic heterocycles. The SMILES string of the molecule is CCNC(=NCc1ccc(N2CCOCC2)cc1)NCc1coc(-c2ccc(C)cc2)n1. The zero-order chi connectivity index (χ0) is 22.2. The van der Waals surface area contributed by atoms with Crippen molar-refractivity contribution >= 4 is 11.6 Å². The fourth-order valence-corrected chi connectivity index (χ4v) is 3.54. The molecule has 0 unspecified atom stereocenters. The Hall–Kier alpha value is -3.32. The second-order valence-corrected chi connectivity index (χ2v) is 7.82. The van der Waals surface area contributed by atoms with Gasteiger partial charge in [0.05, 0.1) is 32.0 Å². The topological polar surface area (TPSA) is 74.9 Å². The van der Waals surface area contributed by atoms with Gasteiger partial charge in [-0.15, -0.1) is 0 Å². The van der Waals surface area contributed by atoms with Crippen LogP contribution in [0.4, 0.5) is 5.69 Å². The first-order valence-electron chi connectivity index (χ1n) is 11.2. The summed E-state index contributed by atoms with van der Waals surface area (Å²) in [4.78, 5) is 11.7. The number of nitrogens with zero attached hydrogens (tertiary/aromatic N) is 3. The Morgan fingerprint density at radius 3 is 2.50 bits per heavy atom. The van der Waals surface area contributed by atoms with Crippen molar-refractivity contribution in [1.29, 1.82) is 0 Å². The van der Waals surface area contributed by atoms with Crippen molar-refractivity contribution in [2.75, 3.05) is 37.7 Å². The molecular formula is C25H31N5O2. The van der Waals surface area contributed by atoms with Crippen LogP contribution < -0.4 is 15.5 Å². The van der Waals surface area contributed by atoms with Gasteiger partial charge in [0, 0.05) is 30.9 Å². The molecule has 0 atom stereocenters. The molecule has 1 saturated heterocycles. The van der Waals surface area contributed by atoms with E-state index in [0.29, 0.717) is 19.0 Å². The lowest BCUT2D eigenvalue weighted by molar-refractivity contribution is 0.122. The van der Waals surface area contributed by atoms with Gasteiger partial charge in [-0.3, -0.25) is 0 Å². The number of anilines is 1. The molecule has 2 heterocycles. The Morgan fingerprint density at radius 2 is 1.78 bits per heavy atom. The summed E-state index contributed by atoms with van der Waals surface area (Å²) in [5, 5.41) is 6.63. The maximum Gasteiger partial charge on any atom is 0.226 e. The highest BCUT2D eigenvalue weighted by atomic mass is 16.5. The molecule has 0 amide bonds. The van der Waals surface area contributed by atoms with Gasteiger partial charge in [-0.25, -0.2) is 9.98 Å². The summed E-state index contributed by atoms with van der Waals surface area (Å²) in [7, 11) is 0. The fourth-order valence-electron chi connectivity index (χ4n) is 3.54. The Kier molecular flexibility index (Phi) is 7.40. The van der Waals surface area contributed by atoms with Gasteiger partial charge in [-0.1, -0.05) is 29.8 Å². The fraction of sp³-hybridized carbons (Fsp3) is 0.360. The van der Waals surface area contributed by atoms with Crippen LogP contribution in [-0.4, -0.2) is 43.8 Å². The van der Waals surface area contributed by atoms with Crippen molar-refractivity contribution in [3.05, 3.63) is 71.6 Å². The number of hydrogen-bond acceptors (Lipinski definition) is 5. The average molecular weight is 434 g/mol. The smallest absolute Gasteiger partial charge is 0.226 e. The number of rotatable bonds is 7. The third-order valence-corrected chi connectivity index (χ3v) is 5.36. The number of aliphatic imine (C=N–C) groups is 1. The highest BCUT2D eigenvalue weighted by molar-refractivity contribution is 5.79. The molecule has 0 aliphatic carbocycles. The molecule has 32 heavy (non-hydrogen) atoms. The van der Waals surface area contributed by atoms with Gasteiger partial charge < -0.3 is 24.7 Å². The Balaban J connectivity index is 1.33. The van der Waals surface area contributed by atoms with Gasteiger partial charge in [-0.2, -0.15) is 0 Å². The first-order chi connectivity index (χ1) is 15.7. The molecule has 2 aromatic carbocycles. The van der Waals surface area contributed by atoms with E-state index < -0.39 is 0 Å². The Labute approximate surface area is 189 Å². The first kappa shape index (κ1) is 21.9. The Morgan fingerprint density at radius 1 is 1.03 bits per heavy atom. The normalized spacial score (nSPS) is 14.4. The number of nitrogens with one attached hydrogen (secondary N) is 2. The lowest BCUT2D eigenvalue weighted by Gasteiger charge is -2.28. The first-order valence-corrected chi connectivity index (χ1v) is 11.2. The van der Waals surface area contributed by atoms with Gasteiger partial charge in [0.2, 0.25) is 5.89 Å². The molecule has 1 fully saturated rings. The quantitative estimate of drug-likeness (QED) is 0.437. The van der Waals surface area contributed by atoms with E-state index in [0.717, 1.165) is 50.1 Å². The molecule has 168 valence electrons. The minimum atomic E-state index is 0.539. The van der Waals surface area contributed by atoms with E-state index in [1.165, 1.54) is 16.8 Å². The van der Waals surface area contributed by atoms with Crippen LogP contribution in [0.3, 0.4) is 0 Å². The van der Waals surface area contributed by atoms with Gasteiger partial charge >= 0.3 is 0 Å². The summed E-state index contributed by atoms with van der Waals surface area (Å²) in [6.45, 7) is 9.52. The van der Waals surface area contributed by atoms with Crippen LogP contribution in [0.1, 0.15) is 23.7 Å². The maximum absolute atomic E-state index is 5.65. The van der Waals surface area contributed by atoms with Gasteiger partial charge in [0.25, 0.3) is 0 Å². The van der Waals surface area contributed by atoms with E-state index in [4.69, 9.17) is 14.1 Å². The molecule has 3 aromatic rings. The number of benzene rings is 2. The summed E-state index contributed by atoms with van der Waals surface area (Å²) in [5.74, 6) is 1.38. The maximum atomic E-state index is 5.65. The highest BCUT2D eigenvalue weighted by Crippen LogP contribution is 2.19. The van der Waals surface area contributed by atoms with E-state index in [1.807, 2.05) is 12.1 Å². The largest absolute Gasteiger partial charge is 0.444 e. The van der Waals surface area contributed by atoms with Crippen LogP contribution in [0.2, 0.25) is 0 Å². The van der Waals surface area contributed by atoms with E-state index in [9.17, 15) is 0 Å². The molecule has 0 bridgehead atoms. The molecular weight excluding hydrogens is 402 g/mol. The van der Waals surface area contributed by atoms with Crippen LogP contribution in [-0.2, 0) is 17.8 Å². The van der Waals surface area contributed by atoms with Crippen molar-refractivity contribution in [1.82, 2.24) is 15.6 Å². The molecule has 4 rings (SSSR count). The highest BCUT2D eigenvalue weighted by Gasteiger charge is 2.11. The van der Waals surface area contributed by atoms with E-state index in [2.05, 4.69) is 70.8 Å². The number of oxazole rings is 1. The van der Waals surface area contributed by atoms with Crippen molar-refractivity contribution in [2.45, 2.75) is 26.9 Å². The standard InChI is InChI=1S/C25H31N5O2/c1-3-26-25(27-16-20-6-10-23(11-7-20)30-12-14-31-15-13-30)28-17-22-18-32-24(29-22)21-8-4-19(2)5-9-21/h4-11,18H,3,12-17H2,1-2H3,(H2,26,27,28). The molecule has 0 saturated carbocycles. The molecule has 1 aliphatic rings. The van der Waals surface area contributed by atoms with E-state index >= 15 is 0 Å². The number of hydrogen-bond donors (Lipinski definition) is 2. The number of aromatic nitrogens is 1. The molecule has 7 nitrogen and oxygen atoms in total. The number of ether oxygens (including phenoxy) is 1. The molecule has 0 spiro atoms. The lowest BCUT2D eigenvalue weighted by Crippen LogP contribution is -2.36. The minimum Gasteiger partial charge on any atom is -0.444 e. The number of guanidine groups is 1. The monoisotopic (exact) mass is 433 g/mol. The summed E-state index contributed by atoms with van der Waals surface area (Å²) >= 11 is 0. The molecule has 2 N–H and O–H groups in total. The Bertz CT molecular complexity index is 1010. The van der Waals surface area contributed by atoms with Crippen molar-refractivity contribution in [2.24, 2.45) is 4.99 Å². The zero-order valence-corrected chi connectivity index (χ0v) is 18.8. The summed E-state index contributed by atoms with van der Waals surface area (Å²) in [6.07, 6.45) is 1.69. The lowest BCUT2D eigenvalue weighted by atomic mass is 10.1.